The lowest BCUT2D eigenvalue weighted by molar-refractivity contribution is -0.272. The third-order valence-corrected chi connectivity index (χ3v) is 7.52. The standard InChI is InChI=1S/C29H32O16/c1-9-19(34)21(36)23(38)28(40-9)43-13-7-16(33)18-17(8-13)44-26(12-4-5-14(31)15(32)6-12)27(20(18)35)45-29-24(39)22(37)25(10(2)41-29)42-11(3)30/h4-10,19,21-25,28-29,31-34,36-39H,1-3H3/t9?,10?,19-,21-,22?,23?,24-,25-,28-,29+/m0/s1. The third-order valence-electron chi connectivity index (χ3n) is 7.52. The fourth-order valence-corrected chi connectivity index (χ4v) is 5.11. The van der Waals surface area contributed by atoms with Gasteiger partial charge in [0.2, 0.25) is 23.8 Å². The van der Waals surface area contributed by atoms with Crippen molar-refractivity contribution < 1.29 is 73.7 Å². The van der Waals surface area contributed by atoms with Gasteiger partial charge >= 0.3 is 5.97 Å². The van der Waals surface area contributed by atoms with Crippen LogP contribution in [0.15, 0.2) is 39.5 Å². The normalized spacial score (nSPS) is 31.8. The van der Waals surface area contributed by atoms with Crippen molar-refractivity contribution in [2.75, 3.05) is 0 Å². The highest BCUT2D eigenvalue weighted by Gasteiger charge is 2.47. The number of hydrogen-bond acceptors (Lipinski definition) is 16. The second-order valence-electron chi connectivity index (χ2n) is 10.8. The summed E-state index contributed by atoms with van der Waals surface area (Å²) < 4.78 is 33.4. The van der Waals surface area contributed by atoms with Crippen molar-refractivity contribution in [1.29, 1.82) is 0 Å². The molecule has 5 rings (SSSR count). The number of carbonyl (C=O) groups excluding carboxylic acids is 1. The maximum Gasteiger partial charge on any atom is 0.303 e. The molecule has 3 aromatic rings. The predicted octanol–water partition coefficient (Wildman–Crippen LogP) is -0.440. The molecule has 0 amide bonds. The summed E-state index contributed by atoms with van der Waals surface area (Å²) in [6.07, 6.45) is -14.6. The molecule has 2 fully saturated rings. The molecule has 2 aliphatic heterocycles. The summed E-state index contributed by atoms with van der Waals surface area (Å²) in [6, 6.07) is 5.55. The molecule has 8 N–H and O–H groups in total. The average Bonchev–Trinajstić information content (AvgIpc) is 2.97. The van der Waals surface area contributed by atoms with E-state index in [1.807, 2.05) is 0 Å². The van der Waals surface area contributed by atoms with E-state index in [2.05, 4.69) is 0 Å². The van der Waals surface area contributed by atoms with Crippen LogP contribution in [0, 0.1) is 0 Å². The van der Waals surface area contributed by atoms with Gasteiger partial charge in [-0.15, -0.1) is 0 Å². The molecule has 4 unspecified atom stereocenters. The molecule has 0 spiro atoms. The van der Waals surface area contributed by atoms with E-state index in [1.54, 1.807) is 0 Å². The Bertz CT molecular complexity index is 1640. The SMILES string of the molecule is CC(=O)O[C@H]1C(C)O[C@H](Oc2c(-c3ccc(O)c(O)c3)oc3cc(O[C@@H]4OC(C)[C@H](O)[C@H](O)C4O)cc(O)c3c2=O)[C@@H](O)C1O. The van der Waals surface area contributed by atoms with Gasteiger partial charge in [0, 0.05) is 24.6 Å². The maximum atomic E-state index is 13.8. The lowest BCUT2D eigenvalue weighted by Gasteiger charge is -2.40. The molecule has 16 heteroatoms. The molecular formula is C29H32O16. The summed E-state index contributed by atoms with van der Waals surface area (Å²) in [7, 11) is 0. The summed E-state index contributed by atoms with van der Waals surface area (Å²) in [5.74, 6) is -3.71. The number of phenols is 3. The molecule has 2 aliphatic rings. The quantitative estimate of drug-likeness (QED) is 0.126. The number of rotatable bonds is 6. The number of phenolic OH excluding ortho intramolecular Hbond substituents is 3. The van der Waals surface area contributed by atoms with Crippen LogP contribution >= 0.6 is 0 Å². The zero-order chi connectivity index (χ0) is 32.9. The minimum Gasteiger partial charge on any atom is -0.507 e. The Kier molecular flexibility index (Phi) is 8.83. The van der Waals surface area contributed by atoms with Crippen molar-refractivity contribution in [3.05, 3.63) is 40.6 Å². The predicted molar refractivity (Wildman–Crippen MR) is 148 cm³/mol. The Balaban J connectivity index is 1.58. The zero-order valence-electron chi connectivity index (χ0n) is 24.0. The highest BCUT2D eigenvalue weighted by Crippen LogP contribution is 2.40. The fourth-order valence-electron chi connectivity index (χ4n) is 5.11. The highest BCUT2D eigenvalue weighted by atomic mass is 16.7. The van der Waals surface area contributed by atoms with E-state index in [9.17, 15) is 50.4 Å². The molecule has 45 heavy (non-hydrogen) atoms. The molecule has 10 atom stereocenters. The van der Waals surface area contributed by atoms with Crippen LogP contribution < -0.4 is 14.9 Å². The largest absolute Gasteiger partial charge is 0.507 e. The minimum atomic E-state index is -1.84. The first-order valence-electron chi connectivity index (χ1n) is 13.8. The molecule has 2 aromatic carbocycles. The first-order chi connectivity index (χ1) is 21.2. The van der Waals surface area contributed by atoms with E-state index in [-0.39, 0.29) is 22.7 Å². The molecule has 16 nitrogen and oxygen atoms in total. The number of aromatic hydroxyl groups is 3. The Morgan fingerprint density at radius 2 is 1.40 bits per heavy atom. The Hall–Kier alpha value is -4.16. The molecule has 0 bridgehead atoms. The number of hydrogen-bond donors (Lipinski definition) is 8. The van der Waals surface area contributed by atoms with Gasteiger partial charge in [0.05, 0.1) is 12.2 Å². The van der Waals surface area contributed by atoms with E-state index < -0.39 is 101 Å². The van der Waals surface area contributed by atoms with Crippen molar-refractivity contribution >= 4 is 16.9 Å². The van der Waals surface area contributed by atoms with Crippen molar-refractivity contribution in [2.45, 2.75) is 82.2 Å². The number of ether oxygens (including phenoxy) is 5. The molecule has 1 aromatic heterocycles. The number of benzene rings is 2. The van der Waals surface area contributed by atoms with Gasteiger partial charge in [-0.1, -0.05) is 0 Å². The van der Waals surface area contributed by atoms with Gasteiger partial charge in [0.15, 0.2) is 23.4 Å². The van der Waals surface area contributed by atoms with Gasteiger partial charge in [-0.3, -0.25) is 9.59 Å². The number of esters is 1. The second kappa shape index (κ2) is 12.3. The van der Waals surface area contributed by atoms with Crippen molar-refractivity contribution in [3.63, 3.8) is 0 Å². The Morgan fingerprint density at radius 1 is 0.756 bits per heavy atom. The van der Waals surface area contributed by atoms with Gasteiger partial charge in [0.1, 0.15) is 53.0 Å². The Labute approximate surface area is 253 Å². The smallest absolute Gasteiger partial charge is 0.303 e. The van der Waals surface area contributed by atoms with Crippen LogP contribution in [0.2, 0.25) is 0 Å². The van der Waals surface area contributed by atoms with Gasteiger partial charge in [-0.2, -0.15) is 0 Å². The molecular weight excluding hydrogens is 604 g/mol. The number of fused-ring (bicyclic) bond motifs is 1. The first-order valence-corrected chi connectivity index (χ1v) is 13.8. The molecule has 0 radical (unpaired) electrons. The van der Waals surface area contributed by atoms with Crippen molar-refractivity contribution in [3.8, 4) is 40.1 Å². The van der Waals surface area contributed by atoms with Crippen LogP contribution in [0.25, 0.3) is 22.3 Å². The second-order valence-corrected chi connectivity index (χ2v) is 10.8. The summed E-state index contributed by atoms with van der Waals surface area (Å²) >= 11 is 0. The van der Waals surface area contributed by atoms with Gasteiger partial charge in [-0.05, 0) is 32.0 Å². The van der Waals surface area contributed by atoms with Crippen molar-refractivity contribution in [2.24, 2.45) is 0 Å². The topological polar surface area (TPSA) is 255 Å². The first kappa shape index (κ1) is 32.2. The monoisotopic (exact) mass is 636 g/mol. The summed E-state index contributed by atoms with van der Waals surface area (Å²) in [6.45, 7) is 3.98. The molecule has 3 heterocycles. The van der Waals surface area contributed by atoms with E-state index in [0.29, 0.717) is 0 Å². The molecule has 2 saturated heterocycles. The van der Waals surface area contributed by atoms with E-state index >= 15 is 0 Å². The van der Waals surface area contributed by atoms with Crippen LogP contribution in [0.3, 0.4) is 0 Å². The van der Waals surface area contributed by atoms with Crippen LogP contribution in [-0.2, 0) is 19.0 Å². The Morgan fingerprint density at radius 3 is 2.07 bits per heavy atom. The molecule has 244 valence electrons. The van der Waals surface area contributed by atoms with Gasteiger partial charge in [0.25, 0.3) is 0 Å². The highest BCUT2D eigenvalue weighted by molar-refractivity contribution is 5.88. The lowest BCUT2D eigenvalue weighted by atomic mass is 9.99. The number of carbonyl (C=O) groups is 1. The lowest BCUT2D eigenvalue weighted by Crippen LogP contribution is -2.59. The van der Waals surface area contributed by atoms with Gasteiger partial charge < -0.3 is 69.0 Å². The van der Waals surface area contributed by atoms with Gasteiger partial charge in [-0.25, -0.2) is 0 Å². The number of aliphatic hydroxyl groups is 5. The third kappa shape index (κ3) is 6.08. The minimum absolute atomic E-state index is 0.0150. The van der Waals surface area contributed by atoms with E-state index in [4.69, 9.17) is 28.1 Å². The molecule has 0 saturated carbocycles. The van der Waals surface area contributed by atoms with Crippen molar-refractivity contribution in [1.82, 2.24) is 0 Å². The van der Waals surface area contributed by atoms with Crippen LogP contribution in [0.5, 0.6) is 28.7 Å². The van der Waals surface area contributed by atoms with Crippen LogP contribution in [0.4, 0.5) is 0 Å². The van der Waals surface area contributed by atoms with Crippen LogP contribution in [0.1, 0.15) is 20.8 Å². The maximum absolute atomic E-state index is 13.8. The zero-order valence-corrected chi connectivity index (χ0v) is 24.0. The summed E-state index contributed by atoms with van der Waals surface area (Å²) in [5, 5.41) is 82.1. The fraction of sp³-hybridized carbons (Fsp3) is 0.448. The summed E-state index contributed by atoms with van der Waals surface area (Å²) in [4.78, 5) is 25.3. The number of aliphatic hydroxyl groups excluding tert-OH is 5. The average molecular weight is 637 g/mol. The summed E-state index contributed by atoms with van der Waals surface area (Å²) in [5.41, 5.74) is -1.31. The van der Waals surface area contributed by atoms with Crippen LogP contribution in [-0.4, -0.2) is 108 Å². The van der Waals surface area contributed by atoms with E-state index in [1.165, 1.54) is 19.9 Å². The molecule has 0 aliphatic carbocycles. The van der Waals surface area contributed by atoms with E-state index in [0.717, 1.165) is 31.2 Å².